The van der Waals surface area contributed by atoms with E-state index in [1.165, 1.54) is 6.92 Å². The van der Waals surface area contributed by atoms with Gasteiger partial charge in [0.05, 0.1) is 17.3 Å². The number of amides is 2. The number of hydrogen-bond acceptors (Lipinski definition) is 6. The summed E-state index contributed by atoms with van der Waals surface area (Å²) in [6.45, 7) is 0.964. The van der Waals surface area contributed by atoms with Crippen LogP contribution in [-0.2, 0) is 25.5 Å². The van der Waals surface area contributed by atoms with Crippen LogP contribution in [0.1, 0.15) is 19.2 Å². The number of nitrogens with zero attached hydrogens (tertiary/aromatic N) is 1. The Labute approximate surface area is 171 Å². The van der Waals surface area contributed by atoms with Crippen LogP contribution in [0.5, 0.6) is 0 Å². The van der Waals surface area contributed by atoms with E-state index in [0.29, 0.717) is 28.1 Å². The number of H-pyrrole nitrogens is 1. The number of aromatic amines is 1. The van der Waals surface area contributed by atoms with Crippen LogP contribution in [-0.4, -0.2) is 34.4 Å². The van der Waals surface area contributed by atoms with Gasteiger partial charge < -0.3 is 20.4 Å². The fourth-order valence-corrected chi connectivity index (χ4v) is 2.73. The minimum absolute atomic E-state index is 0.0278. The summed E-state index contributed by atoms with van der Waals surface area (Å²) in [6.07, 6.45) is 0.158. The van der Waals surface area contributed by atoms with Gasteiger partial charge in [0.15, 0.2) is 6.61 Å². The number of carbonyl (C=O) groups excluding carboxylic acids is 3. The van der Waals surface area contributed by atoms with Crippen molar-refractivity contribution in [3.63, 3.8) is 0 Å². The van der Waals surface area contributed by atoms with Gasteiger partial charge in [-0.05, 0) is 36.4 Å². The van der Waals surface area contributed by atoms with Crippen molar-refractivity contribution >= 4 is 40.1 Å². The van der Waals surface area contributed by atoms with Gasteiger partial charge in [0.1, 0.15) is 5.82 Å². The fraction of sp³-hybridized carbons (Fsp3) is 0.190. The molecule has 0 atom stereocenters. The molecule has 0 aliphatic heterocycles. The number of hydrogen-bond donors (Lipinski definition) is 3. The van der Waals surface area contributed by atoms with Gasteiger partial charge in [0.25, 0.3) is 11.5 Å². The standard InChI is InChI=1S/C21H20N4O5/c1-13(26)22-14-6-8-15(9-7-14)23-19(27)12-30-20(28)11-10-18-24-17-5-3-2-4-16(17)21(29)25-18/h2-9H,10-12H2,1H3,(H,22,26)(H,23,27)(H,24,25,29). The van der Waals surface area contributed by atoms with Crippen LogP contribution >= 0.6 is 0 Å². The van der Waals surface area contributed by atoms with Crippen molar-refractivity contribution in [2.75, 3.05) is 17.2 Å². The highest BCUT2D eigenvalue weighted by Gasteiger charge is 2.10. The normalized spacial score (nSPS) is 10.4. The second-order valence-corrected chi connectivity index (χ2v) is 6.50. The molecule has 3 N–H and O–H groups in total. The molecular formula is C21H20N4O5. The average molecular weight is 408 g/mol. The minimum Gasteiger partial charge on any atom is -0.456 e. The maximum Gasteiger partial charge on any atom is 0.306 e. The Morgan fingerprint density at radius 3 is 2.37 bits per heavy atom. The van der Waals surface area contributed by atoms with E-state index < -0.39 is 18.5 Å². The third-order valence-corrected chi connectivity index (χ3v) is 4.08. The summed E-state index contributed by atoms with van der Waals surface area (Å²) in [6, 6.07) is 13.4. The number of benzene rings is 2. The monoisotopic (exact) mass is 408 g/mol. The maximum atomic E-state index is 12.0. The highest BCUT2D eigenvalue weighted by atomic mass is 16.5. The Morgan fingerprint density at radius 2 is 1.67 bits per heavy atom. The topological polar surface area (TPSA) is 130 Å². The number of para-hydroxylation sites is 1. The van der Waals surface area contributed by atoms with Crippen molar-refractivity contribution in [1.29, 1.82) is 0 Å². The van der Waals surface area contributed by atoms with E-state index in [0.717, 1.165) is 0 Å². The van der Waals surface area contributed by atoms with Gasteiger partial charge in [-0.3, -0.25) is 19.2 Å². The van der Waals surface area contributed by atoms with E-state index in [4.69, 9.17) is 4.74 Å². The number of nitrogens with one attached hydrogen (secondary N) is 3. The van der Waals surface area contributed by atoms with E-state index in [1.807, 2.05) is 0 Å². The summed E-state index contributed by atoms with van der Waals surface area (Å²) >= 11 is 0. The molecule has 0 aliphatic carbocycles. The lowest BCUT2D eigenvalue weighted by molar-refractivity contribution is -0.147. The number of aromatic nitrogens is 2. The van der Waals surface area contributed by atoms with Crippen molar-refractivity contribution in [3.05, 3.63) is 64.7 Å². The molecule has 0 aliphatic rings. The molecule has 0 radical (unpaired) electrons. The molecule has 2 amide bonds. The van der Waals surface area contributed by atoms with Crippen LogP contribution in [0, 0.1) is 0 Å². The quantitative estimate of drug-likeness (QED) is 0.513. The van der Waals surface area contributed by atoms with Crippen LogP contribution in [0.4, 0.5) is 11.4 Å². The van der Waals surface area contributed by atoms with Crippen LogP contribution in [0.2, 0.25) is 0 Å². The molecule has 1 aromatic heterocycles. The van der Waals surface area contributed by atoms with Gasteiger partial charge in [0.2, 0.25) is 5.91 Å². The highest BCUT2D eigenvalue weighted by molar-refractivity contribution is 5.93. The Bertz CT molecular complexity index is 1140. The summed E-state index contributed by atoms with van der Waals surface area (Å²) in [5.41, 5.74) is 1.39. The number of carbonyl (C=O) groups is 3. The Balaban J connectivity index is 1.46. The van der Waals surface area contributed by atoms with Crippen LogP contribution in [0.3, 0.4) is 0 Å². The highest BCUT2D eigenvalue weighted by Crippen LogP contribution is 2.13. The van der Waals surface area contributed by atoms with E-state index in [9.17, 15) is 19.2 Å². The number of esters is 1. The molecule has 0 saturated heterocycles. The first kappa shape index (κ1) is 20.7. The van der Waals surface area contributed by atoms with Crippen molar-refractivity contribution in [3.8, 4) is 0 Å². The first-order valence-electron chi connectivity index (χ1n) is 9.22. The third-order valence-electron chi connectivity index (χ3n) is 4.08. The summed E-state index contributed by atoms with van der Waals surface area (Å²) in [5.74, 6) is -0.893. The molecule has 2 aromatic carbocycles. The Morgan fingerprint density at radius 1 is 1.00 bits per heavy atom. The molecule has 9 heteroatoms. The molecule has 154 valence electrons. The molecule has 0 spiro atoms. The number of fused-ring (bicyclic) bond motifs is 1. The average Bonchev–Trinajstić information content (AvgIpc) is 2.72. The summed E-state index contributed by atoms with van der Waals surface area (Å²) in [4.78, 5) is 53.8. The van der Waals surface area contributed by atoms with E-state index in [1.54, 1.807) is 48.5 Å². The fourth-order valence-electron chi connectivity index (χ4n) is 2.73. The second kappa shape index (κ2) is 9.46. The summed E-state index contributed by atoms with van der Waals surface area (Å²) in [5, 5.41) is 5.69. The lowest BCUT2D eigenvalue weighted by Gasteiger charge is -2.08. The van der Waals surface area contributed by atoms with Crippen molar-refractivity contribution in [1.82, 2.24) is 9.97 Å². The van der Waals surface area contributed by atoms with Gasteiger partial charge in [-0.2, -0.15) is 0 Å². The van der Waals surface area contributed by atoms with E-state index in [2.05, 4.69) is 20.6 Å². The number of ether oxygens (including phenoxy) is 1. The predicted octanol–water partition coefficient (Wildman–Crippen LogP) is 2.00. The number of anilines is 2. The maximum absolute atomic E-state index is 12.0. The summed E-state index contributed by atoms with van der Waals surface area (Å²) in [7, 11) is 0. The van der Waals surface area contributed by atoms with Crippen molar-refractivity contribution in [2.45, 2.75) is 19.8 Å². The van der Waals surface area contributed by atoms with Crippen molar-refractivity contribution < 1.29 is 19.1 Å². The molecule has 3 aromatic rings. The molecule has 1 heterocycles. The molecule has 0 unspecified atom stereocenters. The smallest absolute Gasteiger partial charge is 0.306 e. The number of aryl methyl sites for hydroxylation is 1. The minimum atomic E-state index is -0.582. The Hall–Kier alpha value is -4.01. The summed E-state index contributed by atoms with van der Waals surface area (Å²) < 4.78 is 4.96. The molecule has 0 bridgehead atoms. The zero-order valence-electron chi connectivity index (χ0n) is 16.2. The van der Waals surface area contributed by atoms with Gasteiger partial charge in [0, 0.05) is 24.7 Å². The molecule has 0 saturated carbocycles. The first-order valence-corrected chi connectivity index (χ1v) is 9.22. The van der Waals surface area contributed by atoms with Gasteiger partial charge in [-0.25, -0.2) is 4.98 Å². The SMILES string of the molecule is CC(=O)Nc1ccc(NC(=O)COC(=O)CCc2nc3ccccc3c(=O)[nH]2)cc1. The predicted molar refractivity (Wildman–Crippen MR) is 111 cm³/mol. The largest absolute Gasteiger partial charge is 0.456 e. The molecular weight excluding hydrogens is 388 g/mol. The lowest BCUT2D eigenvalue weighted by atomic mass is 10.2. The third kappa shape index (κ3) is 5.74. The van der Waals surface area contributed by atoms with Crippen LogP contribution in [0.15, 0.2) is 53.3 Å². The van der Waals surface area contributed by atoms with E-state index >= 15 is 0 Å². The zero-order valence-corrected chi connectivity index (χ0v) is 16.2. The second-order valence-electron chi connectivity index (χ2n) is 6.50. The van der Waals surface area contributed by atoms with Crippen LogP contribution < -0.4 is 16.2 Å². The van der Waals surface area contributed by atoms with Crippen LogP contribution in [0.25, 0.3) is 10.9 Å². The molecule has 0 fully saturated rings. The zero-order chi connectivity index (χ0) is 21.5. The molecule has 9 nitrogen and oxygen atoms in total. The molecule has 30 heavy (non-hydrogen) atoms. The van der Waals surface area contributed by atoms with Gasteiger partial charge >= 0.3 is 5.97 Å². The lowest BCUT2D eigenvalue weighted by Crippen LogP contribution is -2.21. The number of rotatable bonds is 7. The van der Waals surface area contributed by atoms with Gasteiger partial charge in [-0.1, -0.05) is 12.1 Å². The molecule has 3 rings (SSSR count). The first-order chi connectivity index (χ1) is 14.4. The van der Waals surface area contributed by atoms with Gasteiger partial charge in [-0.15, -0.1) is 0 Å². The Kier molecular flexibility index (Phi) is 6.53. The van der Waals surface area contributed by atoms with Crippen molar-refractivity contribution in [2.24, 2.45) is 0 Å². The van der Waals surface area contributed by atoms with E-state index in [-0.39, 0.29) is 24.3 Å².